The van der Waals surface area contributed by atoms with E-state index in [1.807, 2.05) is 18.2 Å². The van der Waals surface area contributed by atoms with Crippen molar-refractivity contribution in [2.24, 2.45) is 0 Å². The maximum absolute atomic E-state index is 12.4. The van der Waals surface area contributed by atoms with Gasteiger partial charge in [-0.3, -0.25) is 9.80 Å². The van der Waals surface area contributed by atoms with Crippen LogP contribution in [0.2, 0.25) is 5.02 Å². The number of sulfonamides is 1. The van der Waals surface area contributed by atoms with Crippen LogP contribution in [0.1, 0.15) is 11.5 Å². The molecule has 0 radical (unpaired) electrons. The SMILES string of the molecule is CN(C)S(=O)(=O)c1cccc(CN2CCN(Cc3nc(-c4ccc(Cl)cc4)no3)CC2)c1. The third-order valence-electron chi connectivity index (χ3n) is 5.48. The van der Waals surface area contributed by atoms with E-state index in [4.69, 9.17) is 16.1 Å². The Balaban J connectivity index is 1.31. The number of benzene rings is 2. The van der Waals surface area contributed by atoms with E-state index in [2.05, 4.69) is 19.9 Å². The second-order valence-electron chi connectivity index (χ2n) is 8.01. The molecule has 170 valence electrons. The summed E-state index contributed by atoms with van der Waals surface area (Å²) >= 11 is 5.93. The lowest BCUT2D eigenvalue weighted by Gasteiger charge is -2.34. The van der Waals surface area contributed by atoms with Gasteiger partial charge in [0.05, 0.1) is 11.4 Å². The molecular weight excluding hydrogens is 450 g/mol. The number of aromatic nitrogens is 2. The fourth-order valence-electron chi connectivity index (χ4n) is 3.61. The van der Waals surface area contributed by atoms with Crippen LogP contribution in [0.5, 0.6) is 0 Å². The van der Waals surface area contributed by atoms with Gasteiger partial charge in [-0.1, -0.05) is 28.9 Å². The van der Waals surface area contributed by atoms with Crippen LogP contribution in [0.4, 0.5) is 0 Å². The van der Waals surface area contributed by atoms with Crippen LogP contribution in [-0.4, -0.2) is 72.9 Å². The lowest BCUT2D eigenvalue weighted by atomic mass is 10.2. The van der Waals surface area contributed by atoms with Crippen molar-refractivity contribution in [3.63, 3.8) is 0 Å². The van der Waals surface area contributed by atoms with Crippen molar-refractivity contribution < 1.29 is 12.9 Å². The van der Waals surface area contributed by atoms with Gasteiger partial charge in [-0.05, 0) is 42.0 Å². The lowest BCUT2D eigenvalue weighted by Crippen LogP contribution is -2.45. The summed E-state index contributed by atoms with van der Waals surface area (Å²) in [7, 11) is -0.338. The van der Waals surface area contributed by atoms with Crippen molar-refractivity contribution >= 4 is 21.6 Å². The highest BCUT2D eigenvalue weighted by atomic mass is 35.5. The third-order valence-corrected chi connectivity index (χ3v) is 7.54. The van der Waals surface area contributed by atoms with Gasteiger partial charge in [-0.25, -0.2) is 12.7 Å². The molecule has 1 saturated heterocycles. The van der Waals surface area contributed by atoms with E-state index in [1.165, 1.54) is 4.31 Å². The summed E-state index contributed by atoms with van der Waals surface area (Å²) in [6.07, 6.45) is 0. The fraction of sp³-hybridized carbons (Fsp3) is 0.364. The molecule has 2 heterocycles. The van der Waals surface area contributed by atoms with E-state index in [0.717, 1.165) is 37.3 Å². The average molecular weight is 476 g/mol. The summed E-state index contributed by atoms with van der Waals surface area (Å²) in [5.41, 5.74) is 1.86. The Hall–Kier alpha value is -2.30. The molecule has 1 aliphatic rings. The first-order valence-corrected chi connectivity index (χ1v) is 12.2. The van der Waals surface area contributed by atoms with E-state index in [9.17, 15) is 8.42 Å². The van der Waals surface area contributed by atoms with E-state index in [-0.39, 0.29) is 0 Å². The minimum absolute atomic E-state index is 0.325. The number of piperazine rings is 1. The molecule has 0 atom stereocenters. The molecular formula is C22H26ClN5O3S. The van der Waals surface area contributed by atoms with Crippen LogP contribution in [0.25, 0.3) is 11.4 Å². The van der Waals surface area contributed by atoms with E-state index in [0.29, 0.717) is 34.7 Å². The minimum atomic E-state index is -3.43. The number of rotatable bonds is 7. The zero-order chi connectivity index (χ0) is 22.7. The summed E-state index contributed by atoms with van der Waals surface area (Å²) in [6.45, 7) is 4.81. The second kappa shape index (κ2) is 9.68. The molecule has 4 rings (SSSR count). The van der Waals surface area contributed by atoms with Gasteiger partial charge in [0.25, 0.3) is 0 Å². The van der Waals surface area contributed by atoms with Gasteiger partial charge in [-0.15, -0.1) is 0 Å². The largest absolute Gasteiger partial charge is 0.338 e. The number of nitrogens with zero attached hydrogens (tertiary/aromatic N) is 5. The van der Waals surface area contributed by atoms with Crippen molar-refractivity contribution in [2.45, 2.75) is 18.0 Å². The fourth-order valence-corrected chi connectivity index (χ4v) is 4.70. The zero-order valence-electron chi connectivity index (χ0n) is 18.1. The van der Waals surface area contributed by atoms with Crippen LogP contribution >= 0.6 is 11.6 Å². The van der Waals surface area contributed by atoms with Gasteiger partial charge in [0.2, 0.25) is 21.7 Å². The summed E-state index contributed by atoms with van der Waals surface area (Å²) in [6, 6.07) is 14.5. The van der Waals surface area contributed by atoms with E-state index < -0.39 is 10.0 Å². The predicted octanol–water partition coefficient (Wildman–Crippen LogP) is 2.96. The van der Waals surface area contributed by atoms with Gasteiger partial charge in [0.1, 0.15) is 0 Å². The summed E-state index contributed by atoms with van der Waals surface area (Å²) < 4.78 is 31.4. The molecule has 0 bridgehead atoms. The molecule has 32 heavy (non-hydrogen) atoms. The van der Waals surface area contributed by atoms with Gasteiger partial charge >= 0.3 is 0 Å². The molecule has 1 aromatic heterocycles. The third kappa shape index (κ3) is 5.36. The molecule has 3 aromatic rings. The van der Waals surface area contributed by atoms with Gasteiger partial charge < -0.3 is 4.52 Å². The van der Waals surface area contributed by atoms with Crippen LogP contribution in [0, 0.1) is 0 Å². The summed E-state index contributed by atoms with van der Waals surface area (Å²) in [5.74, 6) is 1.15. The quantitative estimate of drug-likeness (QED) is 0.519. The van der Waals surface area contributed by atoms with Gasteiger partial charge in [0.15, 0.2) is 0 Å². The highest BCUT2D eigenvalue weighted by Crippen LogP contribution is 2.20. The van der Waals surface area contributed by atoms with Crippen molar-refractivity contribution in [2.75, 3.05) is 40.3 Å². The maximum atomic E-state index is 12.4. The minimum Gasteiger partial charge on any atom is -0.338 e. The molecule has 0 unspecified atom stereocenters. The molecule has 10 heteroatoms. The number of hydrogen-bond acceptors (Lipinski definition) is 7. The predicted molar refractivity (Wildman–Crippen MR) is 123 cm³/mol. The molecule has 2 aromatic carbocycles. The molecule has 0 aliphatic carbocycles. The van der Waals surface area contributed by atoms with Crippen molar-refractivity contribution in [3.8, 4) is 11.4 Å². The first-order chi connectivity index (χ1) is 15.3. The lowest BCUT2D eigenvalue weighted by molar-refractivity contribution is 0.112. The first kappa shape index (κ1) is 22.9. The molecule has 0 amide bonds. The van der Waals surface area contributed by atoms with Crippen LogP contribution < -0.4 is 0 Å². The van der Waals surface area contributed by atoms with Crippen LogP contribution in [0.3, 0.4) is 0 Å². The van der Waals surface area contributed by atoms with Crippen LogP contribution in [-0.2, 0) is 23.1 Å². The van der Waals surface area contributed by atoms with E-state index >= 15 is 0 Å². The molecule has 0 N–H and O–H groups in total. The molecule has 8 nitrogen and oxygen atoms in total. The Morgan fingerprint density at radius 3 is 2.31 bits per heavy atom. The number of halogens is 1. The Bertz CT molecular complexity index is 1160. The normalized spacial score (nSPS) is 16.0. The Kier molecular flexibility index (Phi) is 6.92. The monoisotopic (exact) mass is 475 g/mol. The van der Waals surface area contributed by atoms with Gasteiger partial charge in [-0.2, -0.15) is 4.98 Å². The average Bonchev–Trinajstić information content (AvgIpc) is 3.24. The van der Waals surface area contributed by atoms with Gasteiger partial charge in [0, 0.05) is 57.4 Å². The zero-order valence-corrected chi connectivity index (χ0v) is 19.7. The molecule has 0 spiro atoms. The summed E-state index contributed by atoms with van der Waals surface area (Å²) in [4.78, 5) is 9.43. The Morgan fingerprint density at radius 2 is 1.66 bits per heavy atom. The molecule has 1 fully saturated rings. The highest BCUT2D eigenvalue weighted by Gasteiger charge is 2.21. The number of hydrogen-bond donors (Lipinski definition) is 0. The Labute approximate surface area is 193 Å². The highest BCUT2D eigenvalue weighted by molar-refractivity contribution is 7.89. The summed E-state index contributed by atoms with van der Waals surface area (Å²) in [5, 5.41) is 4.74. The second-order valence-corrected chi connectivity index (χ2v) is 10.6. The van der Waals surface area contributed by atoms with Crippen molar-refractivity contribution in [3.05, 3.63) is 65.0 Å². The van der Waals surface area contributed by atoms with Crippen molar-refractivity contribution in [1.29, 1.82) is 0 Å². The Morgan fingerprint density at radius 1 is 1.00 bits per heavy atom. The maximum Gasteiger partial charge on any atom is 0.242 e. The molecule has 0 saturated carbocycles. The molecule has 1 aliphatic heterocycles. The van der Waals surface area contributed by atoms with E-state index in [1.54, 1.807) is 44.4 Å². The van der Waals surface area contributed by atoms with Crippen molar-refractivity contribution in [1.82, 2.24) is 24.2 Å². The first-order valence-electron chi connectivity index (χ1n) is 10.4. The standard InChI is InChI=1S/C22H26ClN5O3S/c1-26(2)32(29,30)20-5-3-4-17(14-20)15-27-10-12-28(13-11-27)16-21-24-22(25-31-21)18-6-8-19(23)9-7-18/h3-9,14H,10-13,15-16H2,1-2H3. The van der Waals surface area contributed by atoms with Crippen LogP contribution in [0.15, 0.2) is 57.9 Å². The topological polar surface area (TPSA) is 82.8 Å². The smallest absolute Gasteiger partial charge is 0.242 e.